The maximum absolute atomic E-state index is 11.0. The first-order valence-corrected chi connectivity index (χ1v) is 7.67. The Morgan fingerprint density at radius 2 is 2.18 bits per heavy atom. The zero-order chi connectivity index (χ0) is 15.5. The summed E-state index contributed by atoms with van der Waals surface area (Å²) in [6, 6.07) is 4.23. The van der Waals surface area contributed by atoms with Gasteiger partial charge in [0.2, 0.25) is 0 Å². The molecule has 2 aliphatic rings. The van der Waals surface area contributed by atoms with Crippen LogP contribution in [0, 0.1) is 17.2 Å². The van der Waals surface area contributed by atoms with Crippen LogP contribution < -0.4 is 5.32 Å². The fourth-order valence-electron chi connectivity index (χ4n) is 3.16. The zero-order valence-corrected chi connectivity index (χ0v) is 12.3. The molecule has 6 nitrogen and oxygen atoms in total. The van der Waals surface area contributed by atoms with Crippen LogP contribution in [0.15, 0.2) is 6.07 Å². The summed E-state index contributed by atoms with van der Waals surface area (Å²) in [6.07, 6.45) is 3.70. The molecule has 2 N–H and O–H groups in total. The number of fused-ring (bicyclic) bond motifs is 1. The number of carboxylic acids is 1. The van der Waals surface area contributed by atoms with Gasteiger partial charge in [-0.05, 0) is 31.7 Å². The third-order valence-electron chi connectivity index (χ3n) is 4.47. The normalized spacial score (nSPS) is 24.1. The van der Waals surface area contributed by atoms with Crippen molar-refractivity contribution in [2.75, 3.05) is 11.9 Å². The molecule has 1 aliphatic heterocycles. The summed E-state index contributed by atoms with van der Waals surface area (Å²) >= 11 is 0. The van der Waals surface area contributed by atoms with Crippen molar-refractivity contribution in [3.8, 4) is 6.07 Å². The molecule has 22 heavy (non-hydrogen) atoms. The smallest absolute Gasteiger partial charge is 0.306 e. The molecule has 116 valence electrons. The Morgan fingerprint density at radius 1 is 1.41 bits per heavy atom. The number of nitrogens with one attached hydrogen (secondary N) is 1. The van der Waals surface area contributed by atoms with Gasteiger partial charge in [-0.3, -0.25) is 4.79 Å². The molecule has 1 aromatic heterocycles. The third kappa shape index (κ3) is 3.04. The summed E-state index contributed by atoms with van der Waals surface area (Å²) in [5.74, 6) is -0.313. The molecule has 1 fully saturated rings. The molecule has 6 heteroatoms. The Bertz CT molecular complexity index is 616. The second kappa shape index (κ2) is 6.32. The summed E-state index contributed by atoms with van der Waals surface area (Å²) in [5.41, 5.74) is 2.51. The van der Waals surface area contributed by atoms with E-state index in [4.69, 9.17) is 9.84 Å². The molecule has 0 amide bonds. The van der Waals surface area contributed by atoms with Gasteiger partial charge in [0.25, 0.3) is 0 Å². The highest BCUT2D eigenvalue weighted by Gasteiger charge is 2.26. The molecule has 0 aromatic carbocycles. The largest absolute Gasteiger partial charge is 0.481 e. The SMILES string of the molecule is N#Cc1cc2c(nc1NC1CCC(C(=O)O)CC1)CCOC2. The second-order valence-corrected chi connectivity index (χ2v) is 5.94. The second-order valence-electron chi connectivity index (χ2n) is 5.94. The molecule has 0 unspecified atom stereocenters. The van der Waals surface area contributed by atoms with Gasteiger partial charge in [-0.2, -0.15) is 5.26 Å². The minimum absolute atomic E-state index is 0.188. The first-order valence-electron chi connectivity index (χ1n) is 7.67. The fraction of sp³-hybridized carbons (Fsp3) is 0.562. The number of carbonyl (C=O) groups is 1. The van der Waals surface area contributed by atoms with Gasteiger partial charge in [0, 0.05) is 18.0 Å². The number of hydrogen-bond acceptors (Lipinski definition) is 5. The third-order valence-corrected chi connectivity index (χ3v) is 4.47. The summed E-state index contributed by atoms with van der Waals surface area (Å²) in [6.45, 7) is 1.18. The Labute approximate surface area is 129 Å². The predicted octanol–water partition coefficient (Wildman–Crippen LogP) is 2.08. The average molecular weight is 301 g/mol. The number of aliphatic carboxylic acids is 1. The highest BCUT2D eigenvalue weighted by molar-refractivity contribution is 5.70. The van der Waals surface area contributed by atoms with E-state index in [9.17, 15) is 10.1 Å². The van der Waals surface area contributed by atoms with Crippen molar-refractivity contribution in [1.29, 1.82) is 5.26 Å². The molecule has 3 rings (SSSR count). The monoisotopic (exact) mass is 301 g/mol. The van der Waals surface area contributed by atoms with Gasteiger partial charge in [0.1, 0.15) is 11.9 Å². The highest BCUT2D eigenvalue weighted by Crippen LogP contribution is 2.28. The van der Waals surface area contributed by atoms with E-state index < -0.39 is 5.97 Å². The number of aromatic nitrogens is 1. The molecule has 1 aliphatic carbocycles. The van der Waals surface area contributed by atoms with Crippen molar-refractivity contribution >= 4 is 11.8 Å². The van der Waals surface area contributed by atoms with Crippen LogP contribution in [-0.4, -0.2) is 28.7 Å². The molecule has 0 bridgehead atoms. The van der Waals surface area contributed by atoms with Crippen LogP contribution in [0.25, 0.3) is 0 Å². The van der Waals surface area contributed by atoms with E-state index in [-0.39, 0.29) is 12.0 Å². The lowest BCUT2D eigenvalue weighted by Gasteiger charge is -2.28. The van der Waals surface area contributed by atoms with Crippen LogP contribution in [0.1, 0.15) is 42.5 Å². The van der Waals surface area contributed by atoms with E-state index in [1.165, 1.54) is 0 Å². The molecule has 0 atom stereocenters. The molecule has 2 heterocycles. The summed E-state index contributed by atoms with van der Waals surface area (Å²) in [7, 11) is 0. The van der Waals surface area contributed by atoms with Gasteiger partial charge in [-0.1, -0.05) is 0 Å². The molecular formula is C16H19N3O3. The lowest BCUT2D eigenvalue weighted by atomic mass is 9.86. The highest BCUT2D eigenvalue weighted by atomic mass is 16.5. The van der Waals surface area contributed by atoms with Crippen LogP contribution in [0.3, 0.4) is 0 Å². The lowest BCUT2D eigenvalue weighted by Crippen LogP contribution is -2.30. The number of nitrogens with zero attached hydrogens (tertiary/aromatic N) is 2. The van der Waals surface area contributed by atoms with Crippen molar-refractivity contribution in [2.24, 2.45) is 5.92 Å². The first-order chi connectivity index (χ1) is 10.7. The number of pyridine rings is 1. The van der Waals surface area contributed by atoms with Gasteiger partial charge in [-0.25, -0.2) is 4.98 Å². The topological polar surface area (TPSA) is 95.2 Å². The number of nitriles is 1. The Kier molecular flexibility index (Phi) is 4.25. The van der Waals surface area contributed by atoms with E-state index in [0.717, 1.165) is 30.5 Å². The Hall–Kier alpha value is -2.13. The Balaban J connectivity index is 1.73. The maximum atomic E-state index is 11.0. The van der Waals surface area contributed by atoms with Gasteiger partial charge >= 0.3 is 5.97 Å². The van der Waals surface area contributed by atoms with E-state index in [1.54, 1.807) is 0 Å². The van der Waals surface area contributed by atoms with Gasteiger partial charge < -0.3 is 15.2 Å². The van der Waals surface area contributed by atoms with Gasteiger partial charge in [0.15, 0.2) is 0 Å². The van der Waals surface area contributed by atoms with Crippen molar-refractivity contribution < 1.29 is 14.6 Å². The van der Waals surface area contributed by atoms with Crippen molar-refractivity contribution in [3.05, 3.63) is 22.9 Å². The standard InChI is InChI=1S/C16H19N3O3/c17-8-11-7-12-9-22-6-5-14(12)19-15(11)18-13-3-1-10(2-4-13)16(20)21/h7,10,13H,1-6,9H2,(H,18,19)(H,20,21). The minimum Gasteiger partial charge on any atom is -0.481 e. The number of anilines is 1. The van der Waals surface area contributed by atoms with Crippen molar-refractivity contribution in [2.45, 2.75) is 44.8 Å². The maximum Gasteiger partial charge on any atom is 0.306 e. The summed E-state index contributed by atoms with van der Waals surface area (Å²) in [4.78, 5) is 15.6. The van der Waals surface area contributed by atoms with Crippen LogP contribution >= 0.6 is 0 Å². The fourth-order valence-corrected chi connectivity index (χ4v) is 3.16. The number of ether oxygens (including phenoxy) is 1. The van der Waals surface area contributed by atoms with Crippen LogP contribution in [-0.2, 0) is 22.6 Å². The number of carboxylic acid groups (broad SMARTS) is 1. The predicted molar refractivity (Wildman–Crippen MR) is 79.3 cm³/mol. The summed E-state index contributed by atoms with van der Waals surface area (Å²) < 4.78 is 5.39. The van der Waals surface area contributed by atoms with Crippen molar-refractivity contribution in [1.82, 2.24) is 4.98 Å². The molecule has 1 saturated carbocycles. The molecule has 0 saturated heterocycles. The van der Waals surface area contributed by atoms with E-state index in [1.807, 2.05) is 6.07 Å². The van der Waals surface area contributed by atoms with E-state index in [0.29, 0.717) is 37.4 Å². The number of rotatable bonds is 3. The van der Waals surface area contributed by atoms with Crippen LogP contribution in [0.4, 0.5) is 5.82 Å². The van der Waals surface area contributed by atoms with E-state index >= 15 is 0 Å². The molecule has 0 radical (unpaired) electrons. The molecular weight excluding hydrogens is 282 g/mol. The van der Waals surface area contributed by atoms with Gasteiger partial charge in [-0.15, -0.1) is 0 Å². The molecule has 0 spiro atoms. The Morgan fingerprint density at radius 3 is 2.86 bits per heavy atom. The number of hydrogen-bond donors (Lipinski definition) is 2. The van der Waals surface area contributed by atoms with Crippen LogP contribution in [0.2, 0.25) is 0 Å². The minimum atomic E-state index is -0.705. The average Bonchev–Trinajstić information content (AvgIpc) is 2.54. The van der Waals surface area contributed by atoms with Crippen molar-refractivity contribution in [3.63, 3.8) is 0 Å². The van der Waals surface area contributed by atoms with Crippen LogP contribution in [0.5, 0.6) is 0 Å². The first kappa shape index (κ1) is 14.8. The summed E-state index contributed by atoms with van der Waals surface area (Å²) in [5, 5.41) is 21.7. The lowest BCUT2D eigenvalue weighted by molar-refractivity contribution is -0.142. The quantitative estimate of drug-likeness (QED) is 0.887. The van der Waals surface area contributed by atoms with E-state index in [2.05, 4.69) is 16.4 Å². The molecule has 1 aromatic rings. The zero-order valence-electron chi connectivity index (χ0n) is 12.3. The van der Waals surface area contributed by atoms with Gasteiger partial charge in [0.05, 0.1) is 30.4 Å².